The van der Waals surface area contributed by atoms with Crippen molar-refractivity contribution in [2.24, 2.45) is 0 Å². The van der Waals surface area contributed by atoms with Gasteiger partial charge >= 0.3 is 0 Å². The second-order valence-corrected chi connectivity index (χ2v) is 6.67. The molecule has 2 rings (SSSR count). The van der Waals surface area contributed by atoms with E-state index < -0.39 is 10.8 Å². The highest BCUT2D eigenvalue weighted by atomic mass is 79.9. The lowest BCUT2D eigenvalue weighted by atomic mass is 10.1. The molecule has 0 fully saturated rings. The van der Waals surface area contributed by atoms with Gasteiger partial charge in [-0.3, -0.25) is 14.9 Å². The summed E-state index contributed by atoms with van der Waals surface area (Å²) >= 11 is 3.18. The number of non-ortho nitro benzene ring substituents is 1. The first kappa shape index (κ1) is 21.1. The molecule has 7 nitrogen and oxygen atoms in total. The first-order valence-electron chi connectivity index (χ1n) is 8.54. The zero-order valence-corrected chi connectivity index (χ0v) is 16.7. The van der Waals surface area contributed by atoms with Crippen molar-refractivity contribution in [3.63, 3.8) is 0 Å². The van der Waals surface area contributed by atoms with Crippen LogP contribution >= 0.6 is 15.9 Å². The number of hydrogen-bond acceptors (Lipinski definition) is 5. The second-order valence-electron chi connectivity index (χ2n) is 5.82. The average Bonchev–Trinajstić information content (AvgIpc) is 2.68. The summed E-state index contributed by atoms with van der Waals surface area (Å²) in [5, 5.41) is 22.7. The third-order valence-corrected chi connectivity index (χ3v) is 4.39. The quantitative estimate of drug-likeness (QED) is 0.201. The molecule has 0 aromatic heterocycles. The number of nitrogens with zero attached hydrogens (tertiary/aromatic N) is 2. The molecule has 0 radical (unpaired) electrons. The molecule has 1 N–H and O–H groups in total. The minimum Gasteiger partial charge on any atom is -0.494 e. The molecule has 28 heavy (non-hydrogen) atoms. The molecular formula is C20H18BrN3O4. The van der Waals surface area contributed by atoms with Gasteiger partial charge in [-0.2, -0.15) is 5.26 Å². The van der Waals surface area contributed by atoms with Gasteiger partial charge in [-0.25, -0.2) is 0 Å². The maximum Gasteiger partial charge on any atom is 0.270 e. The van der Waals surface area contributed by atoms with E-state index in [1.165, 1.54) is 24.3 Å². The summed E-state index contributed by atoms with van der Waals surface area (Å²) in [6.45, 7) is 2.72. The lowest BCUT2D eigenvalue weighted by molar-refractivity contribution is -0.384. The van der Waals surface area contributed by atoms with E-state index in [4.69, 9.17) is 4.74 Å². The minimum atomic E-state index is -0.611. The summed E-state index contributed by atoms with van der Waals surface area (Å²) in [6, 6.07) is 12.9. The summed E-state index contributed by atoms with van der Waals surface area (Å²) in [4.78, 5) is 22.6. The van der Waals surface area contributed by atoms with Crippen LogP contribution in [0.4, 0.5) is 11.4 Å². The highest BCUT2D eigenvalue weighted by Crippen LogP contribution is 2.27. The molecule has 0 aliphatic carbocycles. The molecule has 0 saturated heterocycles. The number of carbonyl (C=O) groups excluding carboxylic acids is 1. The number of hydrogen-bond donors (Lipinski definition) is 1. The maximum absolute atomic E-state index is 12.4. The zero-order chi connectivity index (χ0) is 20.5. The Morgan fingerprint density at radius 1 is 1.32 bits per heavy atom. The summed E-state index contributed by atoms with van der Waals surface area (Å²) in [5.74, 6) is 0.115. The average molecular weight is 444 g/mol. The number of nitriles is 1. The number of unbranched alkanes of at least 4 members (excludes halogenated alkanes) is 1. The standard InChI is InChI=1S/C20H18BrN3O4/c1-2-3-10-28-17-7-4-14(5-8-17)11-15(13-22)20(25)23-19-9-6-16(24(26)27)12-18(19)21/h4-9,11-12H,2-3,10H2,1H3,(H,23,25)/b15-11+. The molecular weight excluding hydrogens is 426 g/mol. The van der Waals surface area contributed by atoms with E-state index in [1.54, 1.807) is 24.3 Å². The Labute approximate surface area is 170 Å². The Bertz CT molecular complexity index is 933. The molecule has 0 spiro atoms. The number of nitrogens with one attached hydrogen (secondary N) is 1. The van der Waals surface area contributed by atoms with Gasteiger partial charge in [0.05, 0.1) is 17.2 Å². The number of rotatable bonds is 8. The van der Waals surface area contributed by atoms with Crippen LogP contribution in [0.1, 0.15) is 25.3 Å². The molecule has 0 bridgehead atoms. The molecule has 0 atom stereocenters. The fourth-order valence-electron chi connectivity index (χ4n) is 2.22. The largest absolute Gasteiger partial charge is 0.494 e. The summed E-state index contributed by atoms with van der Waals surface area (Å²) in [7, 11) is 0. The van der Waals surface area contributed by atoms with Crippen molar-refractivity contribution in [2.45, 2.75) is 19.8 Å². The number of anilines is 1. The van der Waals surface area contributed by atoms with Gasteiger partial charge in [0.1, 0.15) is 17.4 Å². The number of nitro groups is 1. The van der Waals surface area contributed by atoms with Gasteiger partial charge in [-0.1, -0.05) is 25.5 Å². The molecule has 0 aliphatic heterocycles. The molecule has 144 valence electrons. The smallest absolute Gasteiger partial charge is 0.270 e. The van der Waals surface area contributed by atoms with E-state index in [0.29, 0.717) is 22.3 Å². The summed E-state index contributed by atoms with van der Waals surface area (Å²) < 4.78 is 5.93. The number of carbonyl (C=O) groups is 1. The van der Waals surface area contributed by atoms with E-state index in [0.717, 1.165) is 18.6 Å². The third-order valence-electron chi connectivity index (χ3n) is 3.73. The Hall–Kier alpha value is -3.18. The SMILES string of the molecule is CCCCOc1ccc(/C=C(\C#N)C(=O)Nc2ccc([N+](=O)[O-])cc2Br)cc1. The van der Waals surface area contributed by atoms with Crippen LogP contribution in [0, 0.1) is 21.4 Å². The van der Waals surface area contributed by atoms with Gasteiger partial charge in [0, 0.05) is 16.6 Å². The summed E-state index contributed by atoms with van der Waals surface area (Å²) in [6.07, 6.45) is 3.48. The van der Waals surface area contributed by atoms with Crippen molar-refractivity contribution < 1.29 is 14.5 Å². The molecule has 2 aromatic carbocycles. The van der Waals surface area contributed by atoms with E-state index in [2.05, 4.69) is 28.2 Å². The molecule has 8 heteroatoms. The van der Waals surface area contributed by atoms with Crippen molar-refractivity contribution in [1.29, 1.82) is 5.26 Å². The van der Waals surface area contributed by atoms with Crippen molar-refractivity contribution in [1.82, 2.24) is 0 Å². The van der Waals surface area contributed by atoms with Crippen LogP contribution in [-0.4, -0.2) is 17.4 Å². The van der Waals surface area contributed by atoms with Crippen LogP contribution in [0.5, 0.6) is 5.75 Å². The van der Waals surface area contributed by atoms with Crippen LogP contribution in [0.2, 0.25) is 0 Å². The van der Waals surface area contributed by atoms with Crippen LogP contribution in [0.3, 0.4) is 0 Å². The monoisotopic (exact) mass is 443 g/mol. The lowest BCUT2D eigenvalue weighted by Crippen LogP contribution is -2.13. The van der Waals surface area contributed by atoms with E-state index in [9.17, 15) is 20.2 Å². The first-order chi connectivity index (χ1) is 13.4. The number of benzene rings is 2. The zero-order valence-electron chi connectivity index (χ0n) is 15.1. The van der Waals surface area contributed by atoms with Gasteiger partial charge in [-0.15, -0.1) is 0 Å². The van der Waals surface area contributed by atoms with E-state index in [1.807, 2.05) is 6.07 Å². The highest BCUT2D eigenvalue weighted by Gasteiger charge is 2.14. The van der Waals surface area contributed by atoms with E-state index >= 15 is 0 Å². The Morgan fingerprint density at radius 2 is 2.04 bits per heavy atom. The van der Waals surface area contributed by atoms with Crippen LogP contribution in [0.15, 0.2) is 52.5 Å². The maximum atomic E-state index is 12.4. The van der Waals surface area contributed by atoms with Gasteiger partial charge in [0.2, 0.25) is 0 Å². The second kappa shape index (κ2) is 10.2. The lowest BCUT2D eigenvalue weighted by Gasteiger charge is -2.07. The molecule has 0 aliphatic rings. The topological polar surface area (TPSA) is 105 Å². The molecule has 0 saturated carbocycles. The fraction of sp³-hybridized carbons (Fsp3) is 0.200. The number of amides is 1. The van der Waals surface area contributed by atoms with Crippen LogP contribution in [-0.2, 0) is 4.79 Å². The van der Waals surface area contributed by atoms with Gasteiger partial charge in [0.25, 0.3) is 11.6 Å². The Kier molecular flexibility index (Phi) is 7.72. The molecule has 0 unspecified atom stereocenters. The van der Waals surface area contributed by atoms with Crippen molar-refractivity contribution in [3.05, 3.63) is 68.2 Å². The highest BCUT2D eigenvalue weighted by molar-refractivity contribution is 9.10. The first-order valence-corrected chi connectivity index (χ1v) is 9.34. The van der Waals surface area contributed by atoms with Gasteiger partial charge in [-0.05, 0) is 52.2 Å². The predicted molar refractivity (Wildman–Crippen MR) is 110 cm³/mol. The van der Waals surface area contributed by atoms with Crippen molar-refractivity contribution in [3.8, 4) is 11.8 Å². The van der Waals surface area contributed by atoms with Crippen LogP contribution in [0.25, 0.3) is 6.08 Å². The third kappa shape index (κ3) is 5.93. The Morgan fingerprint density at radius 3 is 2.61 bits per heavy atom. The number of nitro benzene ring substituents is 1. The molecule has 0 heterocycles. The molecule has 2 aromatic rings. The van der Waals surface area contributed by atoms with Crippen molar-refractivity contribution >= 4 is 39.3 Å². The molecule has 1 amide bonds. The van der Waals surface area contributed by atoms with Gasteiger partial charge < -0.3 is 10.1 Å². The predicted octanol–water partition coefficient (Wildman–Crippen LogP) is 5.08. The minimum absolute atomic E-state index is 0.0927. The summed E-state index contributed by atoms with van der Waals surface area (Å²) in [5.41, 5.74) is 0.806. The van der Waals surface area contributed by atoms with Crippen molar-refractivity contribution in [2.75, 3.05) is 11.9 Å². The fourth-order valence-corrected chi connectivity index (χ4v) is 2.68. The van der Waals surface area contributed by atoms with E-state index in [-0.39, 0.29) is 11.3 Å². The number of halogens is 1. The normalized spacial score (nSPS) is 10.8. The van der Waals surface area contributed by atoms with Gasteiger partial charge in [0.15, 0.2) is 0 Å². The number of ether oxygens (including phenoxy) is 1. The Balaban J connectivity index is 2.10. The van der Waals surface area contributed by atoms with Crippen LogP contribution < -0.4 is 10.1 Å².